The molecule has 1 aromatic carbocycles. The van der Waals surface area contributed by atoms with Crippen molar-refractivity contribution in [2.24, 2.45) is 0 Å². The predicted molar refractivity (Wildman–Crippen MR) is 69.2 cm³/mol. The molecule has 0 fully saturated rings. The molecule has 4 heteroatoms. The van der Waals surface area contributed by atoms with E-state index in [1.54, 1.807) is 31.2 Å². The van der Waals surface area contributed by atoms with E-state index < -0.39 is 6.04 Å². The van der Waals surface area contributed by atoms with Gasteiger partial charge >= 0.3 is 0 Å². The van der Waals surface area contributed by atoms with Crippen molar-refractivity contribution in [1.82, 2.24) is 5.32 Å². The number of hydrogen-bond donors (Lipinski definition) is 2. The fraction of sp³-hybridized carbons (Fsp3) is 0.286. The first-order chi connectivity index (χ1) is 8.40. The quantitative estimate of drug-likeness (QED) is 0.776. The van der Waals surface area contributed by atoms with Crippen LogP contribution in [0.3, 0.4) is 0 Å². The summed E-state index contributed by atoms with van der Waals surface area (Å²) in [7, 11) is 0. The Labute approximate surface area is 106 Å². The van der Waals surface area contributed by atoms with Crippen molar-refractivity contribution in [3.05, 3.63) is 42.0 Å². The van der Waals surface area contributed by atoms with Crippen LogP contribution in [0.2, 0.25) is 0 Å². The van der Waals surface area contributed by atoms with Crippen molar-refractivity contribution in [2.45, 2.75) is 26.3 Å². The third kappa shape index (κ3) is 4.05. The molecule has 18 heavy (non-hydrogen) atoms. The monoisotopic (exact) mass is 247 g/mol. The van der Waals surface area contributed by atoms with Crippen molar-refractivity contribution >= 4 is 11.7 Å². The van der Waals surface area contributed by atoms with E-state index in [0.717, 1.165) is 5.56 Å². The third-order valence-electron chi connectivity index (χ3n) is 2.49. The van der Waals surface area contributed by atoms with Crippen molar-refractivity contribution in [1.29, 1.82) is 0 Å². The molecule has 0 aromatic heterocycles. The Morgan fingerprint density at radius 2 is 1.83 bits per heavy atom. The highest BCUT2D eigenvalue weighted by atomic mass is 16.3. The maximum atomic E-state index is 11.9. The van der Waals surface area contributed by atoms with E-state index in [0.29, 0.717) is 12.0 Å². The summed E-state index contributed by atoms with van der Waals surface area (Å²) in [6.07, 6.45) is 0.381. The number of benzene rings is 1. The minimum atomic E-state index is -0.607. The van der Waals surface area contributed by atoms with Gasteiger partial charge in [0.05, 0.1) is 6.04 Å². The van der Waals surface area contributed by atoms with Crippen molar-refractivity contribution in [3.8, 4) is 5.75 Å². The molecule has 0 heterocycles. The average Bonchev–Trinajstić information content (AvgIpc) is 2.29. The van der Waals surface area contributed by atoms with Gasteiger partial charge in [-0.25, -0.2) is 0 Å². The Morgan fingerprint density at radius 1 is 1.28 bits per heavy atom. The van der Waals surface area contributed by atoms with E-state index in [9.17, 15) is 14.7 Å². The molecule has 0 spiro atoms. The lowest BCUT2D eigenvalue weighted by Gasteiger charge is -2.16. The van der Waals surface area contributed by atoms with Crippen LogP contribution >= 0.6 is 0 Å². The zero-order valence-corrected chi connectivity index (χ0v) is 10.6. The van der Waals surface area contributed by atoms with E-state index in [4.69, 9.17) is 0 Å². The minimum absolute atomic E-state index is 0.168. The van der Waals surface area contributed by atoms with Crippen LogP contribution in [0.1, 0.15) is 19.4 Å². The first kappa shape index (κ1) is 14.0. The Bertz CT molecular complexity index is 462. The molecular weight excluding hydrogens is 230 g/mol. The molecule has 0 aliphatic carbocycles. The second kappa shape index (κ2) is 6.00. The lowest BCUT2D eigenvalue weighted by Crippen LogP contribution is -2.41. The van der Waals surface area contributed by atoms with Gasteiger partial charge in [-0.3, -0.25) is 9.59 Å². The average molecular weight is 247 g/mol. The summed E-state index contributed by atoms with van der Waals surface area (Å²) in [5.74, 6) is -0.271. The van der Waals surface area contributed by atoms with Crippen LogP contribution in [0.15, 0.2) is 36.4 Å². The number of carbonyl (C=O) groups is 2. The summed E-state index contributed by atoms with van der Waals surface area (Å²) in [5.41, 5.74) is 1.27. The molecule has 1 rings (SSSR count). The SMILES string of the molecule is C=C(C)C(=O)C(Cc1ccc(O)cc1)NC(C)=O. The van der Waals surface area contributed by atoms with E-state index in [-0.39, 0.29) is 17.4 Å². The topological polar surface area (TPSA) is 66.4 Å². The number of phenolic OH excluding ortho intramolecular Hbond substituents is 1. The lowest BCUT2D eigenvalue weighted by atomic mass is 9.99. The summed E-state index contributed by atoms with van der Waals surface area (Å²) in [4.78, 5) is 23.0. The van der Waals surface area contributed by atoms with Gasteiger partial charge in [0.2, 0.25) is 5.91 Å². The first-order valence-electron chi connectivity index (χ1n) is 5.65. The number of carbonyl (C=O) groups excluding carboxylic acids is 2. The fourth-order valence-corrected chi connectivity index (χ4v) is 1.62. The van der Waals surface area contributed by atoms with E-state index in [2.05, 4.69) is 11.9 Å². The van der Waals surface area contributed by atoms with Crippen LogP contribution < -0.4 is 5.32 Å². The molecule has 1 amide bonds. The van der Waals surface area contributed by atoms with Crippen LogP contribution in [-0.4, -0.2) is 22.8 Å². The van der Waals surface area contributed by atoms with E-state index >= 15 is 0 Å². The van der Waals surface area contributed by atoms with Crippen molar-refractivity contribution in [3.63, 3.8) is 0 Å². The largest absolute Gasteiger partial charge is 0.508 e. The van der Waals surface area contributed by atoms with Crippen LogP contribution in [0, 0.1) is 0 Å². The summed E-state index contributed by atoms with van der Waals surface area (Å²) in [5, 5.41) is 11.8. The zero-order valence-electron chi connectivity index (χ0n) is 10.6. The molecule has 2 N–H and O–H groups in total. The Morgan fingerprint density at radius 3 is 2.28 bits per heavy atom. The van der Waals surface area contributed by atoms with Gasteiger partial charge in [0.1, 0.15) is 5.75 Å². The smallest absolute Gasteiger partial charge is 0.217 e. The van der Waals surface area contributed by atoms with Gasteiger partial charge < -0.3 is 10.4 Å². The second-order valence-corrected chi connectivity index (χ2v) is 4.27. The fourth-order valence-electron chi connectivity index (χ4n) is 1.62. The number of amides is 1. The molecule has 1 atom stereocenters. The van der Waals surface area contributed by atoms with Crippen molar-refractivity contribution < 1.29 is 14.7 Å². The van der Waals surface area contributed by atoms with Gasteiger partial charge in [-0.2, -0.15) is 0 Å². The molecule has 1 unspecified atom stereocenters. The Hall–Kier alpha value is -2.10. The maximum Gasteiger partial charge on any atom is 0.217 e. The lowest BCUT2D eigenvalue weighted by molar-refractivity contribution is -0.124. The van der Waals surface area contributed by atoms with Gasteiger partial charge in [0.15, 0.2) is 5.78 Å². The van der Waals surface area contributed by atoms with Gasteiger partial charge in [0.25, 0.3) is 0 Å². The number of aromatic hydroxyl groups is 1. The summed E-state index contributed by atoms with van der Waals surface area (Å²) in [6.45, 7) is 6.59. The zero-order chi connectivity index (χ0) is 13.7. The Balaban J connectivity index is 2.84. The van der Waals surface area contributed by atoms with Crippen molar-refractivity contribution in [2.75, 3.05) is 0 Å². The van der Waals surface area contributed by atoms with Crippen LogP contribution in [0.5, 0.6) is 5.75 Å². The normalized spacial score (nSPS) is 11.7. The molecule has 0 bridgehead atoms. The number of ketones is 1. The van der Waals surface area contributed by atoms with Gasteiger partial charge in [0, 0.05) is 13.3 Å². The number of hydrogen-bond acceptors (Lipinski definition) is 3. The highest BCUT2D eigenvalue weighted by Crippen LogP contribution is 2.12. The number of phenols is 1. The van der Waals surface area contributed by atoms with Gasteiger partial charge in [-0.05, 0) is 30.2 Å². The second-order valence-electron chi connectivity index (χ2n) is 4.27. The third-order valence-corrected chi connectivity index (χ3v) is 2.49. The highest BCUT2D eigenvalue weighted by molar-refractivity contribution is 6.00. The summed E-state index contributed by atoms with van der Waals surface area (Å²) in [6, 6.07) is 5.92. The minimum Gasteiger partial charge on any atom is -0.508 e. The molecule has 96 valence electrons. The number of rotatable bonds is 5. The van der Waals surface area contributed by atoms with Crippen LogP contribution in [0.25, 0.3) is 0 Å². The molecule has 0 radical (unpaired) electrons. The molecule has 4 nitrogen and oxygen atoms in total. The predicted octanol–water partition coefficient (Wildman–Crippen LogP) is 1.58. The molecule has 0 aliphatic rings. The summed E-state index contributed by atoms with van der Waals surface area (Å²) < 4.78 is 0. The molecule has 0 saturated heterocycles. The first-order valence-corrected chi connectivity index (χ1v) is 5.65. The Kier molecular flexibility index (Phi) is 4.66. The maximum absolute atomic E-state index is 11.9. The number of Topliss-reactive ketones (excluding diaryl/α,β-unsaturated/α-hetero) is 1. The van der Waals surface area contributed by atoms with Gasteiger partial charge in [-0.15, -0.1) is 0 Å². The van der Waals surface area contributed by atoms with Crippen LogP contribution in [-0.2, 0) is 16.0 Å². The highest BCUT2D eigenvalue weighted by Gasteiger charge is 2.20. The van der Waals surface area contributed by atoms with E-state index in [1.807, 2.05) is 0 Å². The van der Waals surface area contributed by atoms with E-state index in [1.165, 1.54) is 6.92 Å². The van der Waals surface area contributed by atoms with Crippen LogP contribution in [0.4, 0.5) is 0 Å². The molecule has 1 aromatic rings. The standard InChI is InChI=1S/C14H17NO3/c1-9(2)14(18)13(15-10(3)16)8-11-4-6-12(17)7-5-11/h4-7,13,17H,1,8H2,2-3H3,(H,15,16). The summed E-state index contributed by atoms with van der Waals surface area (Å²) >= 11 is 0. The molecule has 0 aliphatic heterocycles. The molecular formula is C14H17NO3. The molecule has 0 saturated carbocycles. The van der Waals surface area contributed by atoms with Gasteiger partial charge in [-0.1, -0.05) is 18.7 Å². The number of nitrogens with one attached hydrogen (secondary N) is 1.